The first-order chi connectivity index (χ1) is 11.7. The van der Waals surface area contributed by atoms with Gasteiger partial charge in [-0.1, -0.05) is 35.9 Å². The first kappa shape index (κ1) is 16.6. The summed E-state index contributed by atoms with van der Waals surface area (Å²) in [5.74, 6) is 0.865. The van der Waals surface area contributed by atoms with Crippen molar-refractivity contribution in [2.75, 3.05) is 0 Å². The van der Waals surface area contributed by atoms with Gasteiger partial charge in [0.05, 0.1) is 6.20 Å². The van der Waals surface area contributed by atoms with Crippen LogP contribution in [-0.4, -0.2) is 10.2 Å². The summed E-state index contributed by atoms with van der Waals surface area (Å²) in [7, 11) is 0. The van der Waals surface area contributed by atoms with E-state index in [4.69, 9.17) is 16.3 Å². The van der Waals surface area contributed by atoms with Crippen LogP contribution >= 0.6 is 11.6 Å². The van der Waals surface area contributed by atoms with Crippen molar-refractivity contribution in [1.29, 1.82) is 0 Å². The molecule has 3 rings (SSSR count). The summed E-state index contributed by atoms with van der Waals surface area (Å²) in [6.07, 6.45) is 1.86. The number of nitrogens with zero attached hydrogens (tertiary/aromatic N) is 1. The summed E-state index contributed by atoms with van der Waals surface area (Å²) in [5, 5.41) is 11.1. The molecule has 1 heterocycles. The Bertz CT molecular complexity index is 783. The van der Waals surface area contributed by atoms with Crippen molar-refractivity contribution >= 4 is 11.6 Å². The quantitative estimate of drug-likeness (QED) is 0.675. The zero-order valence-corrected chi connectivity index (χ0v) is 14.3. The van der Waals surface area contributed by atoms with Gasteiger partial charge in [0.2, 0.25) is 0 Å². The number of aromatic nitrogens is 2. The summed E-state index contributed by atoms with van der Waals surface area (Å²) in [4.78, 5) is 0. The van der Waals surface area contributed by atoms with E-state index in [9.17, 15) is 0 Å². The molecule has 0 aliphatic carbocycles. The summed E-state index contributed by atoms with van der Waals surface area (Å²) in [6, 6.07) is 15.8. The van der Waals surface area contributed by atoms with Crippen LogP contribution in [0, 0.1) is 6.92 Å². The Morgan fingerprint density at radius 3 is 2.67 bits per heavy atom. The van der Waals surface area contributed by atoms with E-state index in [0.717, 1.165) is 35.1 Å². The van der Waals surface area contributed by atoms with Gasteiger partial charge in [-0.05, 0) is 42.3 Å². The van der Waals surface area contributed by atoms with Gasteiger partial charge < -0.3 is 10.1 Å². The number of hydrogen-bond donors (Lipinski definition) is 2. The first-order valence-electron chi connectivity index (χ1n) is 7.86. The smallest absolute Gasteiger partial charge is 0.120 e. The van der Waals surface area contributed by atoms with Crippen LogP contribution in [0.25, 0.3) is 0 Å². The lowest BCUT2D eigenvalue weighted by Crippen LogP contribution is -2.13. The minimum absolute atomic E-state index is 0.530. The van der Waals surface area contributed by atoms with Crippen molar-refractivity contribution in [2.24, 2.45) is 0 Å². The molecule has 0 spiro atoms. The zero-order chi connectivity index (χ0) is 16.8. The van der Waals surface area contributed by atoms with Gasteiger partial charge in [0, 0.05) is 29.4 Å². The highest BCUT2D eigenvalue weighted by Crippen LogP contribution is 2.16. The fraction of sp³-hybridized carbons (Fsp3) is 0.211. The second-order valence-corrected chi connectivity index (χ2v) is 6.12. The minimum atomic E-state index is 0.530. The van der Waals surface area contributed by atoms with Gasteiger partial charge in [-0.2, -0.15) is 5.10 Å². The third-order valence-electron chi connectivity index (χ3n) is 3.80. The topological polar surface area (TPSA) is 49.9 Å². The third kappa shape index (κ3) is 4.60. The van der Waals surface area contributed by atoms with E-state index in [-0.39, 0.29) is 0 Å². The third-order valence-corrected chi connectivity index (χ3v) is 4.05. The molecular weight excluding hydrogens is 322 g/mol. The number of ether oxygens (including phenoxy) is 1. The molecular formula is C19H20ClN3O. The Labute approximate surface area is 146 Å². The highest BCUT2D eigenvalue weighted by Gasteiger charge is 2.01. The van der Waals surface area contributed by atoms with Crippen molar-refractivity contribution in [1.82, 2.24) is 15.5 Å². The van der Waals surface area contributed by atoms with E-state index in [0.29, 0.717) is 6.61 Å². The Morgan fingerprint density at radius 2 is 1.92 bits per heavy atom. The number of hydrogen-bond acceptors (Lipinski definition) is 3. The van der Waals surface area contributed by atoms with E-state index in [1.807, 2.05) is 49.5 Å². The van der Waals surface area contributed by atoms with Crippen molar-refractivity contribution in [3.8, 4) is 5.75 Å². The molecule has 24 heavy (non-hydrogen) atoms. The summed E-state index contributed by atoms with van der Waals surface area (Å²) in [6.45, 7) is 4.12. The lowest BCUT2D eigenvalue weighted by atomic mass is 10.2. The summed E-state index contributed by atoms with van der Waals surface area (Å²) >= 11 is 5.89. The molecule has 124 valence electrons. The molecule has 0 radical (unpaired) electrons. The van der Waals surface area contributed by atoms with Crippen LogP contribution in [0.5, 0.6) is 5.75 Å². The average Bonchev–Trinajstić information content (AvgIpc) is 3.00. The van der Waals surface area contributed by atoms with Crippen LogP contribution in [-0.2, 0) is 19.7 Å². The van der Waals surface area contributed by atoms with Gasteiger partial charge in [0.25, 0.3) is 0 Å². The number of aromatic amines is 1. The van der Waals surface area contributed by atoms with Gasteiger partial charge in [-0.3, -0.25) is 5.10 Å². The van der Waals surface area contributed by atoms with Crippen molar-refractivity contribution in [3.05, 3.63) is 82.1 Å². The standard InChI is InChI=1S/C19H20ClN3O/c1-14-17(12-22-23-14)11-21-10-16-3-2-4-19(9-16)24-13-15-5-7-18(20)8-6-15/h2-9,12,21H,10-11,13H2,1H3,(H,22,23). The van der Waals surface area contributed by atoms with E-state index < -0.39 is 0 Å². The predicted molar refractivity (Wildman–Crippen MR) is 96.1 cm³/mol. The van der Waals surface area contributed by atoms with Gasteiger partial charge in [0.15, 0.2) is 0 Å². The average molecular weight is 342 g/mol. The van der Waals surface area contributed by atoms with Crippen LogP contribution in [0.15, 0.2) is 54.7 Å². The molecule has 0 amide bonds. The van der Waals surface area contributed by atoms with E-state index >= 15 is 0 Å². The maximum absolute atomic E-state index is 5.89. The molecule has 5 heteroatoms. The van der Waals surface area contributed by atoms with Crippen LogP contribution < -0.4 is 10.1 Å². The largest absolute Gasteiger partial charge is 0.489 e. The predicted octanol–water partition coefficient (Wildman–Crippen LogP) is 4.24. The van der Waals surface area contributed by atoms with Gasteiger partial charge in [0.1, 0.15) is 12.4 Å². The summed E-state index contributed by atoms with van der Waals surface area (Å²) in [5.41, 5.74) is 4.57. The fourth-order valence-electron chi connectivity index (χ4n) is 2.39. The molecule has 2 aromatic carbocycles. The minimum Gasteiger partial charge on any atom is -0.489 e. The molecule has 0 saturated carbocycles. The second kappa shape index (κ2) is 7.99. The maximum atomic E-state index is 5.89. The number of H-pyrrole nitrogens is 1. The number of halogens is 1. The summed E-state index contributed by atoms with van der Waals surface area (Å²) < 4.78 is 5.86. The van der Waals surface area contributed by atoms with Crippen LogP contribution in [0.4, 0.5) is 0 Å². The van der Waals surface area contributed by atoms with Gasteiger partial charge in [-0.15, -0.1) is 0 Å². The van der Waals surface area contributed by atoms with Crippen molar-refractivity contribution < 1.29 is 4.74 Å². The molecule has 4 nitrogen and oxygen atoms in total. The zero-order valence-electron chi connectivity index (χ0n) is 13.6. The monoisotopic (exact) mass is 341 g/mol. The lowest BCUT2D eigenvalue weighted by Gasteiger charge is -2.09. The molecule has 0 saturated heterocycles. The highest BCUT2D eigenvalue weighted by atomic mass is 35.5. The number of rotatable bonds is 7. The number of aryl methyl sites for hydroxylation is 1. The molecule has 3 aromatic rings. The Hall–Kier alpha value is -2.30. The van der Waals surface area contributed by atoms with Crippen LogP contribution in [0.2, 0.25) is 5.02 Å². The number of benzene rings is 2. The van der Waals surface area contributed by atoms with Crippen molar-refractivity contribution in [3.63, 3.8) is 0 Å². The van der Waals surface area contributed by atoms with Gasteiger partial charge in [-0.25, -0.2) is 0 Å². The van der Waals surface area contributed by atoms with E-state index in [1.165, 1.54) is 11.1 Å². The van der Waals surface area contributed by atoms with Crippen LogP contribution in [0.3, 0.4) is 0 Å². The molecule has 0 fully saturated rings. The normalized spacial score (nSPS) is 10.8. The first-order valence-corrected chi connectivity index (χ1v) is 8.24. The Morgan fingerprint density at radius 1 is 1.08 bits per heavy atom. The number of nitrogens with one attached hydrogen (secondary N) is 2. The fourth-order valence-corrected chi connectivity index (χ4v) is 2.51. The Balaban J connectivity index is 1.52. The highest BCUT2D eigenvalue weighted by molar-refractivity contribution is 6.30. The maximum Gasteiger partial charge on any atom is 0.120 e. The Kier molecular flexibility index (Phi) is 5.51. The van der Waals surface area contributed by atoms with Gasteiger partial charge >= 0.3 is 0 Å². The molecule has 0 unspecified atom stereocenters. The van der Waals surface area contributed by atoms with E-state index in [1.54, 1.807) is 0 Å². The molecule has 0 atom stereocenters. The molecule has 0 aliphatic rings. The SMILES string of the molecule is Cc1[nH]ncc1CNCc1cccc(OCc2ccc(Cl)cc2)c1. The van der Waals surface area contributed by atoms with E-state index in [2.05, 4.69) is 27.6 Å². The second-order valence-electron chi connectivity index (χ2n) is 5.69. The molecule has 1 aromatic heterocycles. The van der Waals surface area contributed by atoms with Crippen LogP contribution in [0.1, 0.15) is 22.4 Å². The molecule has 0 bridgehead atoms. The van der Waals surface area contributed by atoms with Crippen molar-refractivity contribution in [2.45, 2.75) is 26.6 Å². The molecule has 0 aliphatic heterocycles. The molecule has 2 N–H and O–H groups in total. The lowest BCUT2D eigenvalue weighted by molar-refractivity contribution is 0.306.